The van der Waals surface area contributed by atoms with Gasteiger partial charge in [0.15, 0.2) is 0 Å². The highest BCUT2D eigenvalue weighted by Gasteiger charge is 2.46. The van der Waals surface area contributed by atoms with Gasteiger partial charge in [-0.15, -0.1) is 0 Å². The molecule has 1 aromatic heterocycles. The Bertz CT molecular complexity index is 800. The molecule has 0 bridgehead atoms. The number of halogens is 1. The van der Waals surface area contributed by atoms with E-state index in [0.29, 0.717) is 17.5 Å². The zero-order valence-corrected chi connectivity index (χ0v) is 13.6. The quantitative estimate of drug-likeness (QED) is 0.853. The van der Waals surface area contributed by atoms with Gasteiger partial charge in [0, 0.05) is 31.6 Å². The van der Waals surface area contributed by atoms with E-state index in [1.54, 1.807) is 18.2 Å². The molecule has 24 heavy (non-hydrogen) atoms. The molecule has 0 aliphatic carbocycles. The minimum absolute atomic E-state index is 0.178. The SMILES string of the molecule is CN1C[C@H]2CN(c3cccc(C#N)n3)C[C@H]2[C@@H]1c1cccc(F)c1. The molecule has 0 radical (unpaired) electrons. The van der Waals surface area contributed by atoms with Crippen molar-refractivity contribution in [2.75, 3.05) is 31.6 Å². The van der Waals surface area contributed by atoms with Crippen molar-refractivity contribution in [3.63, 3.8) is 0 Å². The van der Waals surface area contributed by atoms with Crippen molar-refractivity contribution in [1.82, 2.24) is 9.88 Å². The summed E-state index contributed by atoms with van der Waals surface area (Å²) in [5.41, 5.74) is 1.49. The molecule has 3 heterocycles. The Hall–Kier alpha value is -2.45. The van der Waals surface area contributed by atoms with E-state index in [9.17, 15) is 4.39 Å². The normalized spacial score (nSPS) is 26.4. The van der Waals surface area contributed by atoms with E-state index in [4.69, 9.17) is 5.26 Å². The van der Waals surface area contributed by atoms with Crippen LogP contribution in [0.25, 0.3) is 0 Å². The molecule has 2 aromatic rings. The summed E-state index contributed by atoms with van der Waals surface area (Å²) >= 11 is 0. The maximum absolute atomic E-state index is 13.6. The minimum Gasteiger partial charge on any atom is -0.356 e. The number of likely N-dealkylation sites (tertiary alicyclic amines) is 1. The van der Waals surface area contributed by atoms with Crippen molar-refractivity contribution in [3.05, 3.63) is 59.5 Å². The van der Waals surface area contributed by atoms with Crippen LogP contribution in [-0.2, 0) is 0 Å². The van der Waals surface area contributed by atoms with Gasteiger partial charge in [0.1, 0.15) is 23.4 Å². The standard InChI is InChI=1S/C19H19FN4/c1-23-10-14-11-24(18-7-3-6-16(9-21)22-18)12-17(14)19(23)13-4-2-5-15(20)8-13/h2-8,14,17,19H,10-12H2,1H3/t14-,17+,19-/m0/s1. The van der Waals surface area contributed by atoms with Crippen LogP contribution >= 0.6 is 0 Å². The van der Waals surface area contributed by atoms with Gasteiger partial charge in [-0.25, -0.2) is 9.37 Å². The highest BCUT2D eigenvalue weighted by molar-refractivity contribution is 5.44. The van der Waals surface area contributed by atoms with E-state index in [-0.39, 0.29) is 11.9 Å². The zero-order chi connectivity index (χ0) is 16.7. The summed E-state index contributed by atoms with van der Waals surface area (Å²) in [6.07, 6.45) is 0. The highest BCUT2D eigenvalue weighted by Crippen LogP contribution is 2.44. The molecular formula is C19H19FN4. The van der Waals surface area contributed by atoms with E-state index < -0.39 is 0 Å². The summed E-state index contributed by atoms with van der Waals surface area (Å²) in [5.74, 6) is 1.67. The lowest BCUT2D eigenvalue weighted by Gasteiger charge is -2.27. The Morgan fingerprint density at radius 3 is 2.79 bits per heavy atom. The number of fused-ring (bicyclic) bond motifs is 1. The molecule has 5 heteroatoms. The number of pyridine rings is 1. The first-order chi connectivity index (χ1) is 11.7. The van der Waals surface area contributed by atoms with E-state index in [1.165, 1.54) is 6.07 Å². The van der Waals surface area contributed by atoms with Crippen molar-refractivity contribution >= 4 is 5.82 Å². The lowest BCUT2D eigenvalue weighted by atomic mass is 9.89. The van der Waals surface area contributed by atoms with E-state index in [1.807, 2.05) is 18.2 Å². The van der Waals surface area contributed by atoms with E-state index >= 15 is 0 Å². The molecule has 3 atom stereocenters. The molecule has 1 aromatic carbocycles. The molecule has 4 nitrogen and oxygen atoms in total. The second-order valence-electron chi connectivity index (χ2n) is 6.76. The third-order valence-corrected chi connectivity index (χ3v) is 5.26. The van der Waals surface area contributed by atoms with Gasteiger partial charge in [-0.05, 0) is 42.8 Å². The molecule has 2 aliphatic heterocycles. The Labute approximate surface area is 141 Å². The summed E-state index contributed by atoms with van der Waals surface area (Å²) in [5, 5.41) is 9.04. The number of nitrogens with zero attached hydrogens (tertiary/aromatic N) is 4. The third kappa shape index (κ3) is 2.53. The molecule has 0 N–H and O–H groups in total. The number of nitriles is 1. The average Bonchev–Trinajstić information content (AvgIpc) is 3.11. The maximum atomic E-state index is 13.6. The molecule has 4 rings (SSSR count). The van der Waals surface area contributed by atoms with Gasteiger partial charge >= 0.3 is 0 Å². The molecule has 2 saturated heterocycles. The lowest BCUT2D eigenvalue weighted by molar-refractivity contribution is 0.279. The van der Waals surface area contributed by atoms with Gasteiger partial charge in [0.2, 0.25) is 0 Å². The summed E-state index contributed by atoms with van der Waals surface area (Å²) < 4.78 is 13.6. The van der Waals surface area contributed by atoms with Crippen molar-refractivity contribution in [1.29, 1.82) is 5.26 Å². The Morgan fingerprint density at radius 2 is 2.00 bits per heavy atom. The number of anilines is 1. The van der Waals surface area contributed by atoms with Gasteiger partial charge in [-0.2, -0.15) is 5.26 Å². The zero-order valence-electron chi connectivity index (χ0n) is 13.6. The summed E-state index contributed by atoms with van der Waals surface area (Å²) in [7, 11) is 2.12. The Kier molecular flexibility index (Phi) is 3.70. The van der Waals surface area contributed by atoms with Crippen molar-refractivity contribution in [2.24, 2.45) is 11.8 Å². The molecule has 0 saturated carbocycles. The number of hydrogen-bond acceptors (Lipinski definition) is 4. The fraction of sp³-hybridized carbons (Fsp3) is 0.368. The Balaban J connectivity index is 1.60. The first-order valence-corrected chi connectivity index (χ1v) is 8.23. The molecule has 2 aliphatic rings. The molecule has 0 unspecified atom stereocenters. The number of benzene rings is 1. The van der Waals surface area contributed by atoms with Crippen LogP contribution in [0.4, 0.5) is 10.2 Å². The average molecular weight is 322 g/mol. The predicted octanol–water partition coefficient (Wildman–Crippen LogP) is 2.83. The van der Waals surface area contributed by atoms with Crippen molar-refractivity contribution < 1.29 is 4.39 Å². The monoisotopic (exact) mass is 322 g/mol. The molecule has 0 spiro atoms. The van der Waals surface area contributed by atoms with Crippen LogP contribution in [0.5, 0.6) is 0 Å². The van der Waals surface area contributed by atoms with Crippen LogP contribution in [0, 0.1) is 29.0 Å². The Morgan fingerprint density at radius 1 is 1.17 bits per heavy atom. The largest absolute Gasteiger partial charge is 0.356 e. The summed E-state index contributed by atoms with van der Waals surface area (Å²) in [4.78, 5) is 9.02. The molecule has 0 amide bonds. The maximum Gasteiger partial charge on any atom is 0.142 e. The smallest absolute Gasteiger partial charge is 0.142 e. The second kappa shape index (κ2) is 5.88. The number of hydrogen-bond donors (Lipinski definition) is 0. The lowest BCUT2D eigenvalue weighted by Crippen LogP contribution is -2.29. The van der Waals surface area contributed by atoms with Crippen LogP contribution in [0.15, 0.2) is 42.5 Å². The number of aromatic nitrogens is 1. The van der Waals surface area contributed by atoms with Crippen LogP contribution < -0.4 is 4.90 Å². The highest BCUT2D eigenvalue weighted by atomic mass is 19.1. The van der Waals surface area contributed by atoms with Crippen molar-refractivity contribution in [3.8, 4) is 6.07 Å². The topological polar surface area (TPSA) is 43.2 Å². The first kappa shape index (κ1) is 15.1. The van der Waals surface area contributed by atoms with E-state index in [2.05, 4.69) is 27.9 Å². The predicted molar refractivity (Wildman–Crippen MR) is 89.9 cm³/mol. The minimum atomic E-state index is -0.178. The molecular weight excluding hydrogens is 303 g/mol. The van der Waals surface area contributed by atoms with Crippen LogP contribution in [0.1, 0.15) is 17.3 Å². The fourth-order valence-electron chi connectivity index (χ4n) is 4.30. The first-order valence-electron chi connectivity index (χ1n) is 8.23. The van der Waals surface area contributed by atoms with Crippen LogP contribution in [0.2, 0.25) is 0 Å². The van der Waals surface area contributed by atoms with Crippen LogP contribution in [0.3, 0.4) is 0 Å². The van der Waals surface area contributed by atoms with Gasteiger partial charge in [-0.3, -0.25) is 4.90 Å². The van der Waals surface area contributed by atoms with Gasteiger partial charge in [0.25, 0.3) is 0 Å². The van der Waals surface area contributed by atoms with Crippen LogP contribution in [-0.4, -0.2) is 36.6 Å². The second-order valence-corrected chi connectivity index (χ2v) is 6.76. The van der Waals surface area contributed by atoms with Gasteiger partial charge < -0.3 is 4.90 Å². The molecule has 122 valence electrons. The van der Waals surface area contributed by atoms with E-state index in [0.717, 1.165) is 31.0 Å². The number of rotatable bonds is 2. The third-order valence-electron chi connectivity index (χ3n) is 5.26. The van der Waals surface area contributed by atoms with Gasteiger partial charge in [0.05, 0.1) is 0 Å². The fourth-order valence-corrected chi connectivity index (χ4v) is 4.30. The summed E-state index contributed by atoms with van der Waals surface area (Å²) in [6.45, 7) is 2.82. The van der Waals surface area contributed by atoms with Gasteiger partial charge in [-0.1, -0.05) is 18.2 Å². The molecule has 2 fully saturated rings. The summed E-state index contributed by atoms with van der Waals surface area (Å²) in [6, 6.07) is 14.9. The van der Waals surface area contributed by atoms with Crippen molar-refractivity contribution in [2.45, 2.75) is 6.04 Å².